The van der Waals surface area contributed by atoms with Gasteiger partial charge in [-0.25, -0.2) is 0 Å². The Labute approximate surface area is 95.3 Å². The largest absolute Gasteiger partial charge is 0.330 e. The second-order valence-electron chi connectivity index (χ2n) is 4.15. The molecule has 0 spiro atoms. The Morgan fingerprint density at radius 3 is 2.79 bits per heavy atom. The van der Waals surface area contributed by atoms with Crippen molar-refractivity contribution in [2.45, 2.75) is 38.7 Å². The van der Waals surface area contributed by atoms with Gasteiger partial charge in [0.15, 0.2) is 5.08 Å². The molecule has 0 aromatic carbocycles. The van der Waals surface area contributed by atoms with Gasteiger partial charge in [-0.05, 0) is 28.3 Å². The van der Waals surface area contributed by atoms with Crippen LogP contribution < -0.4 is 0 Å². The molecule has 1 aliphatic rings. The molecular formula is C10H20BrN3. The van der Waals surface area contributed by atoms with Crippen molar-refractivity contribution in [3.63, 3.8) is 0 Å². The highest BCUT2D eigenvalue weighted by Crippen LogP contribution is 2.19. The van der Waals surface area contributed by atoms with E-state index in [0.717, 1.165) is 13.1 Å². The van der Waals surface area contributed by atoms with E-state index in [0.29, 0.717) is 5.92 Å². The van der Waals surface area contributed by atoms with Gasteiger partial charge in [-0.15, -0.1) is 0 Å². The van der Waals surface area contributed by atoms with Crippen LogP contribution in [0.2, 0.25) is 0 Å². The molecule has 0 aliphatic carbocycles. The lowest BCUT2D eigenvalue weighted by molar-refractivity contribution is 0.198. The van der Waals surface area contributed by atoms with Gasteiger partial charge >= 0.3 is 0 Å². The monoisotopic (exact) mass is 261 g/mol. The lowest BCUT2D eigenvalue weighted by Crippen LogP contribution is -2.37. The van der Waals surface area contributed by atoms with E-state index in [-0.39, 0.29) is 5.08 Å². The summed E-state index contributed by atoms with van der Waals surface area (Å²) in [5, 5.41) is 6.74. The number of halogens is 1. The predicted molar refractivity (Wildman–Crippen MR) is 64.4 cm³/mol. The van der Waals surface area contributed by atoms with Crippen LogP contribution in [-0.4, -0.2) is 34.4 Å². The first-order valence-corrected chi connectivity index (χ1v) is 6.27. The number of rotatable bonds is 5. The van der Waals surface area contributed by atoms with Crippen molar-refractivity contribution in [1.29, 1.82) is 0 Å². The third-order valence-electron chi connectivity index (χ3n) is 2.18. The molecule has 0 radical (unpaired) electrons. The van der Waals surface area contributed by atoms with E-state index in [1.54, 1.807) is 0 Å². The zero-order valence-corrected chi connectivity index (χ0v) is 10.9. The predicted octanol–water partition coefficient (Wildman–Crippen LogP) is 2.68. The summed E-state index contributed by atoms with van der Waals surface area (Å²) in [4.78, 5) is 2.24. The maximum atomic E-state index is 4.38. The van der Waals surface area contributed by atoms with Crippen LogP contribution >= 0.6 is 15.9 Å². The molecule has 82 valence electrons. The van der Waals surface area contributed by atoms with Crippen LogP contribution in [0.25, 0.3) is 0 Å². The summed E-state index contributed by atoms with van der Waals surface area (Å²) < 4.78 is 0. The van der Waals surface area contributed by atoms with Gasteiger partial charge in [0, 0.05) is 13.1 Å². The fourth-order valence-corrected chi connectivity index (χ4v) is 2.04. The van der Waals surface area contributed by atoms with Gasteiger partial charge < -0.3 is 4.90 Å². The second-order valence-corrected chi connectivity index (χ2v) is 4.97. The third-order valence-corrected chi connectivity index (χ3v) is 3.18. The van der Waals surface area contributed by atoms with Crippen LogP contribution in [0.1, 0.15) is 33.6 Å². The molecule has 0 bridgehead atoms. The van der Waals surface area contributed by atoms with E-state index in [1.807, 2.05) is 6.34 Å². The topological polar surface area (TPSA) is 18.8 Å². The van der Waals surface area contributed by atoms with E-state index in [2.05, 4.69) is 51.7 Å². The maximum absolute atomic E-state index is 4.38. The summed E-state index contributed by atoms with van der Waals surface area (Å²) in [5.41, 5.74) is 0. The Kier molecular flexibility index (Phi) is 4.72. The minimum absolute atomic E-state index is 0.261. The summed E-state index contributed by atoms with van der Waals surface area (Å²) in [6.45, 7) is 8.75. The Balaban J connectivity index is 2.36. The van der Waals surface area contributed by atoms with Crippen molar-refractivity contribution in [3.05, 3.63) is 0 Å². The van der Waals surface area contributed by atoms with Crippen LogP contribution in [0.3, 0.4) is 0 Å². The first-order valence-electron chi connectivity index (χ1n) is 5.35. The molecule has 0 saturated carbocycles. The molecule has 1 aliphatic heterocycles. The number of hydrogen-bond donors (Lipinski definition) is 0. The van der Waals surface area contributed by atoms with E-state index >= 15 is 0 Å². The SMILES string of the molecule is CCCCN1N=CN(CC(C)C)C1Br. The summed E-state index contributed by atoms with van der Waals surface area (Å²) in [6.07, 6.45) is 4.36. The zero-order chi connectivity index (χ0) is 10.6. The minimum atomic E-state index is 0.261. The highest BCUT2D eigenvalue weighted by molar-refractivity contribution is 9.09. The molecule has 0 fully saturated rings. The van der Waals surface area contributed by atoms with E-state index in [9.17, 15) is 0 Å². The van der Waals surface area contributed by atoms with Gasteiger partial charge in [-0.1, -0.05) is 27.2 Å². The van der Waals surface area contributed by atoms with Crippen LogP contribution in [0.15, 0.2) is 5.10 Å². The van der Waals surface area contributed by atoms with Crippen molar-refractivity contribution in [2.24, 2.45) is 11.0 Å². The van der Waals surface area contributed by atoms with E-state index < -0.39 is 0 Å². The Bertz CT molecular complexity index is 194. The van der Waals surface area contributed by atoms with Crippen LogP contribution in [0, 0.1) is 5.92 Å². The normalized spacial score (nSPS) is 21.4. The first kappa shape index (κ1) is 11.8. The Morgan fingerprint density at radius 2 is 2.21 bits per heavy atom. The molecular weight excluding hydrogens is 242 g/mol. The van der Waals surface area contributed by atoms with Gasteiger partial charge in [0.25, 0.3) is 0 Å². The number of unbranched alkanes of at least 4 members (excludes halogenated alkanes) is 1. The molecule has 3 nitrogen and oxygen atoms in total. The molecule has 1 atom stereocenters. The quantitative estimate of drug-likeness (QED) is 0.560. The third kappa shape index (κ3) is 3.15. The average molecular weight is 262 g/mol. The number of hydrogen-bond acceptors (Lipinski definition) is 3. The fraction of sp³-hybridized carbons (Fsp3) is 0.900. The molecule has 0 N–H and O–H groups in total. The maximum Gasteiger partial charge on any atom is 0.175 e. The molecule has 1 unspecified atom stereocenters. The van der Waals surface area contributed by atoms with E-state index in [1.165, 1.54) is 12.8 Å². The van der Waals surface area contributed by atoms with Crippen LogP contribution in [-0.2, 0) is 0 Å². The molecule has 0 saturated heterocycles. The second kappa shape index (κ2) is 5.59. The summed E-state index contributed by atoms with van der Waals surface area (Å²) >= 11 is 3.66. The Morgan fingerprint density at radius 1 is 1.50 bits per heavy atom. The molecule has 4 heteroatoms. The zero-order valence-electron chi connectivity index (χ0n) is 9.28. The van der Waals surface area contributed by atoms with Crippen LogP contribution in [0.5, 0.6) is 0 Å². The lowest BCUT2D eigenvalue weighted by Gasteiger charge is -2.26. The summed E-state index contributed by atoms with van der Waals surface area (Å²) in [7, 11) is 0. The number of nitrogens with zero attached hydrogens (tertiary/aromatic N) is 3. The van der Waals surface area contributed by atoms with Gasteiger partial charge in [-0.2, -0.15) is 5.10 Å². The molecule has 0 aromatic heterocycles. The molecule has 0 aromatic rings. The van der Waals surface area contributed by atoms with Crippen molar-refractivity contribution in [1.82, 2.24) is 9.91 Å². The van der Waals surface area contributed by atoms with Crippen molar-refractivity contribution < 1.29 is 0 Å². The highest BCUT2D eigenvalue weighted by Gasteiger charge is 2.24. The van der Waals surface area contributed by atoms with Crippen molar-refractivity contribution >= 4 is 22.3 Å². The van der Waals surface area contributed by atoms with Gasteiger partial charge in [0.1, 0.15) is 6.34 Å². The van der Waals surface area contributed by atoms with Gasteiger partial charge in [0.2, 0.25) is 0 Å². The number of alkyl halides is 1. The molecule has 1 heterocycles. The van der Waals surface area contributed by atoms with Crippen molar-refractivity contribution in [3.8, 4) is 0 Å². The minimum Gasteiger partial charge on any atom is -0.330 e. The van der Waals surface area contributed by atoms with E-state index in [4.69, 9.17) is 0 Å². The first-order chi connectivity index (χ1) is 6.65. The molecule has 14 heavy (non-hydrogen) atoms. The van der Waals surface area contributed by atoms with Gasteiger partial charge in [0.05, 0.1) is 0 Å². The van der Waals surface area contributed by atoms with Crippen molar-refractivity contribution in [2.75, 3.05) is 13.1 Å². The van der Waals surface area contributed by atoms with Crippen LogP contribution in [0.4, 0.5) is 0 Å². The molecule has 1 rings (SSSR count). The highest BCUT2D eigenvalue weighted by atomic mass is 79.9. The standard InChI is InChI=1S/C10H20BrN3/c1-4-5-6-14-10(11)13(8-12-14)7-9(2)3/h8-10H,4-7H2,1-3H3. The smallest absolute Gasteiger partial charge is 0.175 e. The number of hydrazone groups is 1. The average Bonchev–Trinajstić information content (AvgIpc) is 2.45. The molecule has 0 amide bonds. The Hall–Kier alpha value is -0.250. The summed E-state index contributed by atoms with van der Waals surface area (Å²) in [6, 6.07) is 0. The summed E-state index contributed by atoms with van der Waals surface area (Å²) in [5.74, 6) is 0.674. The van der Waals surface area contributed by atoms with Gasteiger partial charge in [-0.3, -0.25) is 5.01 Å². The lowest BCUT2D eigenvalue weighted by atomic mass is 10.2. The fourth-order valence-electron chi connectivity index (χ4n) is 1.45.